The van der Waals surface area contributed by atoms with E-state index in [-0.39, 0.29) is 6.61 Å². The summed E-state index contributed by atoms with van der Waals surface area (Å²) >= 11 is 0. The van der Waals surface area contributed by atoms with Crippen molar-refractivity contribution in [3.05, 3.63) is 23.8 Å². The molecule has 0 aliphatic carbocycles. The summed E-state index contributed by atoms with van der Waals surface area (Å²) in [6.07, 6.45) is -5.02. The lowest BCUT2D eigenvalue weighted by Crippen LogP contribution is -2.14. The van der Waals surface area contributed by atoms with Gasteiger partial charge in [0.15, 0.2) is 0 Å². The molecule has 0 radical (unpaired) electrons. The summed E-state index contributed by atoms with van der Waals surface area (Å²) in [5.74, 6) is 0.455. The van der Waals surface area contributed by atoms with Gasteiger partial charge in [0.25, 0.3) is 0 Å². The Bertz CT molecular complexity index is 387. The van der Waals surface area contributed by atoms with Gasteiger partial charge in [-0.15, -0.1) is 0 Å². The van der Waals surface area contributed by atoms with E-state index in [0.717, 1.165) is 0 Å². The van der Waals surface area contributed by atoms with Crippen molar-refractivity contribution in [1.29, 1.82) is 0 Å². The Kier molecular flexibility index (Phi) is 2.69. The Balaban J connectivity index is 2.24. The van der Waals surface area contributed by atoms with E-state index in [9.17, 15) is 13.2 Å². The molecular formula is C11H11F3O2. The minimum Gasteiger partial charge on any atom is -0.497 e. The fraction of sp³-hybridized carbons (Fsp3) is 0.455. The monoisotopic (exact) mass is 232 g/mol. The molecule has 0 amide bonds. The van der Waals surface area contributed by atoms with E-state index >= 15 is 0 Å². The second-order valence-corrected chi connectivity index (χ2v) is 3.73. The molecular weight excluding hydrogens is 221 g/mol. The van der Waals surface area contributed by atoms with Crippen molar-refractivity contribution >= 4 is 0 Å². The van der Waals surface area contributed by atoms with Gasteiger partial charge in [0, 0.05) is 11.5 Å². The smallest absolute Gasteiger partial charge is 0.389 e. The molecule has 2 nitrogen and oxygen atoms in total. The van der Waals surface area contributed by atoms with Crippen LogP contribution in [-0.4, -0.2) is 19.9 Å². The van der Waals surface area contributed by atoms with Crippen molar-refractivity contribution < 1.29 is 22.6 Å². The van der Waals surface area contributed by atoms with Crippen LogP contribution in [0.15, 0.2) is 18.2 Å². The fourth-order valence-corrected chi connectivity index (χ4v) is 1.83. The predicted molar refractivity (Wildman–Crippen MR) is 51.9 cm³/mol. The first kappa shape index (κ1) is 11.1. The van der Waals surface area contributed by atoms with Crippen molar-refractivity contribution in [2.75, 3.05) is 13.7 Å². The summed E-state index contributed by atoms with van der Waals surface area (Å²) in [4.78, 5) is 0. The molecule has 0 bridgehead atoms. The van der Waals surface area contributed by atoms with Gasteiger partial charge in [-0.3, -0.25) is 0 Å². The Labute approximate surface area is 91.0 Å². The fourth-order valence-electron chi connectivity index (χ4n) is 1.83. The summed E-state index contributed by atoms with van der Waals surface area (Å²) in [5.41, 5.74) is 0.580. The maximum absolute atomic E-state index is 12.3. The van der Waals surface area contributed by atoms with Crippen molar-refractivity contribution in [3.63, 3.8) is 0 Å². The molecule has 2 rings (SSSR count). The van der Waals surface area contributed by atoms with Crippen LogP contribution in [0.2, 0.25) is 0 Å². The lowest BCUT2D eigenvalue weighted by atomic mass is 9.97. The van der Waals surface area contributed by atoms with Crippen LogP contribution in [0.3, 0.4) is 0 Å². The minimum absolute atomic E-state index is 0.0853. The highest BCUT2D eigenvalue weighted by atomic mass is 19.4. The molecule has 1 heterocycles. The molecule has 88 valence electrons. The normalized spacial score (nSPS) is 19.1. The third-order valence-corrected chi connectivity index (χ3v) is 2.57. The highest BCUT2D eigenvalue weighted by Crippen LogP contribution is 2.41. The van der Waals surface area contributed by atoms with E-state index in [1.54, 1.807) is 18.2 Å². The lowest BCUT2D eigenvalue weighted by molar-refractivity contribution is -0.139. The van der Waals surface area contributed by atoms with Crippen LogP contribution in [0.1, 0.15) is 17.9 Å². The predicted octanol–water partition coefficient (Wildman–Crippen LogP) is 3.12. The molecule has 0 saturated heterocycles. The average Bonchev–Trinajstić information content (AvgIpc) is 2.58. The van der Waals surface area contributed by atoms with Crippen molar-refractivity contribution in [1.82, 2.24) is 0 Å². The summed E-state index contributed by atoms with van der Waals surface area (Å²) < 4.78 is 47.1. The molecule has 0 spiro atoms. The van der Waals surface area contributed by atoms with E-state index < -0.39 is 18.5 Å². The Morgan fingerprint density at radius 3 is 2.81 bits per heavy atom. The highest BCUT2D eigenvalue weighted by Gasteiger charge is 2.36. The number of ether oxygens (including phenoxy) is 2. The minimum atomic E-state index is -4.17. The Morgan fingerprint density at radius 2 is 2.19 bits per heavy atom. The van der Waals surface area contributed by atoms with E-state index in [1.165, 1.54) is 7.11 Å². The number of halogens is 3. The molecule has 1 aliphatic heterocycles. The van der Waals surface area contributed by atoms with Gasteiger partial charge in [-0.1, -0.05) is 0 Å². The van der Waals surface area contributed by atoms with Gasteiger partial charge < -0.3 is 9.47 Å². The standard InChI is InChI=1S/C11H11F3O2/c1-15-8-2-3-10-9(4-8)7(6-16-10)5-11(12,13)14/h2-4,7H,5-6H2,1H3. The number of alkyl halides is 3. The third kappa shape index (κ3) is 2.23. The Morgan fingerprint density at radius 1 is 1.44 bits per heavy atom. The number of benzene rings is 1. The zero-order valence-corrected chi connectivity index (χ0v) is 8.67. The van der Waals surface area contributed by atoms with Crippen molar-refractivity contribution in [2.45, 2.75) is 18.5 Å². The molecule has 1 aromatic rings. The van der Waals surface area contributed by atoms with Gasteiger partial charge in [-0.05, 0) is 18.2 Å². The van der Waals surface area contributed by atoms with Gasteiger partial charge in [0.05, 0.1) is 20.1 Å². The van der Waals surface area contributed by atoms with E-state index in [4.69, 9.17) is 9.47 Å². The second kappa shape index (κ2) is 3.88. The molecule has 1 atom stereocenters. The van der Waals surface area contributed by atoms with Crippen LogP contribution < -0.4 is 9.47 Å². The summed E-state index contributed by atoms with van der Waals surface area (Å²) in [7, 11) is 1.48. The topological polar surface area (TPSA) is 18.5 Å². The molecule has 0 aromatic heterocycles. The van der Waals surface area contributed by atoms with Crippen LogP contribution >= 0.6 is 0 Å². The molecule has 0 fully saturated rings. The first-order valence-electron chi connectivity index (χ1n) is 4.87. The number of methoxy groups -OCH3 is 1. The molecule has 5 heteroatoms. The van der Waals surface area contributed by atoms with Gasteiger partial charge >= 0.3 is 6.18 Å². The maximum atomic E-state index is 12.3. The van der Waals surface area contributed by atoms with Crippen LogP contribution in [-0.2, 0) is 0 Å². The van der Waals surface area contributed by atoms with E-state index in [2.05, 4.69) is 0 Å². The van der Waals surface area contributed by atoms with Gasteiger partial charge in [-0.25, -0.2) is 0 Å². The molecule has 0 saturated carbocycles. The lowest BCUT2D eigenvalue weighted by Gasteiger charge is -2.12. The van der Waals surface area contributed by atoms with E-state index in [0.29, 0.717) is 17.1 Å². The SMILES string of the molecule is COc1ccc2c(c1)C(CC(F)(F)F)CO2. The molecule has 1 unspecified atom stereocenters. The van der Waals surface area contributed by atoms with Gasteiger partial charge in [-0.2, -0.15) is 13.2 Å². The number of hydrogen-bond acceptors (Lipinski definition) is 2. The van der Waals surface area contributed by atoms with Crippen LogP contribution in [0.4, 0.5) is 13.2 Å². The molecule has 16 heavy (non-hydrogen) atoms. The van der Waals surface area contributed by atoms with E-state index in [1.807, 2.05) is 0 Å². The molecule has 1 aromatic carbocycles. The zero-order chi connectivity index (χ0) is 11.8. The largest absolute Gasteiger partial charge is 0.497 e. The van der Waals surface area contributed by atoms with Crippen LogP contribution in [0.5, 0.6) is 11.5 Å². The third-order valence-electron chi connectivity index (χ3n) is 2.57. The van der Waals surface area contributed by atoms with Gasteiger partial charge in [0.1, 0.15) is 11.5 Å². The highest BCUT2D eigenvalue weighted by molar-refractivity contribution is 5.45. The van der Waals surface area contributed by atoms with Crippen molar-refractivity contribution in [3.8, 4) is 11.5 Å². The summed E-state index contributed by atoms with van der Waals surface area (Å²) in [5, 5.41) is 0. The van der Waals surface area contributed by atoms with Crippen LogP contribution in [0.25, 0.3) is 0 Å². The second-order valence-electron chi connectivity index (χ2n) is 3.73. The molecule has 0 N–H and O–H groups in total. The number of rotatable bonds is 2. The van der Waals surface area contributed by atoms with Gasteiger partial charge in [0.2, 0.25) is 0 Å². The van der Waals surface area contributed by atoms with Crippen LogP contribution in [0, 0.1) is 0 Å². The summed E-state index contributed by atoms with van der Waals surface area (Å²) in [6.45, 7) is 0.0853. The summed E-state index contributed by atoms with van der Waals surface area (Å²) in [6, 6.07) is 4.93. The first-order chi connectivity index (χ1) is 7.49. The first-order valence-corrected chi connectivity index (χ1v) is 4.87. The Hall–Kier alpha value is -1.39. The van der Waals surface area contributed by atoms with Crippen molar-refractivity contribution in [2.24, 2.45) is 0 Å². The zero-order valence-electron chi connectivity index (χ0n) is 8.67. The maximum Gasteiger partial charge on any atom is 0.389 e. The number of hydrogen-bond donors (Lipinski definition) is 0. The average molecular weight is 232 g/mol. The quantitative estimate of drug-likeness (QED) is 0.779. The molecule has 1 aliphatic rings. The number of fused-ring (bicyclic) bond motifs is 1.